The van der Waals surface area contributed by atoms with Crippen LogP contribution in [0.4, 0.5) is 5.69 Å². The Morgan fingerprint density at radius 1 is 1.40 bits per heavy atom. The minimum Gasteiger partial charge on any atom is -0.365 e. The van der Waals surface area contributed by atoms with Crippen molar-refractivity contribution in [2.45, 2.75) is 43.7 Å². The van der Waals surface area contributed by atoms with Gasteiger partial charge < -0.3 is 10.2 Å². The van der Waals surface area contributed by atoms with Crippen LogP contribution in [0.5, 0.6) is 0 Å². The standard InChI is InChI=1S/C16H23N3S/c1-4-12-11-19(13(5-2)10-18-12)15-7-6-8-16(20-3)14(15)9-17/h6-8,12-13,18H,4-5,10-11H2,1-3H3. The van der Waals surface area contributed by atoms with Crippen molar-refractivity contribution in [2.75, 3.05) is 24.2 Å². The van der Waals surface area contributed by atoms with E-state index in [2.05, 4.69) is 42.3 Å². The molecule has 1 aliphatic rings. The minimum atomic E-state index is 0.474. The van der Waals surface area contributed by atoms with Crippen LogP contribution in [0.25, 0.3) is 0 Å². The molecule has 1 saturated heterocycles. The normalized spacial score (nSPS) is 22.6. The molecule has 0 saturated carbocycles. The third-order valence-corrected chi connectivity index (χ3v) is 4.89. The average Bonchev–Trinajstić information content (AvgIpc) is 2.53. The van der Waals surface area contributed by atoms with Crippen LogP contribution in [0.15, 0.2) is 23.1 Å². The number of rotatable bonds is 4. The molecule has 108 valence electrons. The molecular formula is C16H23N3S. The second kappa shape index (κ2) is 7.01. The van der Waals surface area contributed by atoms with Gasteiger partial charge in [0.25, 0.3) is 0 Å². The largest absolute Gasteiger partial charge is 0.365 e. The molecule has 1 heterocycles. The Kier molecular flexibility index (Phi) is 5.33. The molecule has 1 N–H and O–H groups in total. The third-order valence-electron chi connectivity index (χ3n) is 4.11. The molecule has 1 aliphatic heterocycles. The monoisotopic (exact) mass is 289 g/mol. The molecule has 1 aromatic carbocycles. The van der Waals surface area contributed by atoms with Gasteiger partial charge in [0.1, 0.15) is 6.07 Å². The number of thioether (sulfide) groups is 1. The van der Waals surface area contributed by atoms with E-state index in [1.807, 2.05) is 12.3 Å². The van der Waals surface area contributed by atoms with Crippen molar-refractivity contribution in [3.05, 3.63) is 23.8 Å². The van der Waals surface area contributed by atoms with Crippen molar-refractivity contribution in [3.63, 3.8) is 0 Å². The SMILES string of the molecule is CCC1CN(c2cccc(SC)c2C#N)C(CC)CN1. The third kappa shape index (κ3) is 2.94. The summed E-state index contributed by atoms with van der Waals surface area (Å²) in [5, 5.41) is 13.1. The van der Waals surface area contributed by atoms with Crippen molar-refractivity contribution < 1.29 is 0 Å². The second-order valence-electron chi connectivity index (χ2n) is 5.19. The highest BCUT2D eigenvalue weighted by molar-refractivity contribution is 7.98. The number of nitrogens with one attached hydrogen (secondary N) is 1. The Morgan fingerprint density at radius 3 is 2.80 bits per heavy atom. The number of benzene rings is 1. The Labute approximate surface area is 126 Å². The smallest absolute Gasteiger partial charge is 0.103 e. The van der Waals surface area contributed by atoms with Gasteiger partial charge in [-0.25, -0.2) is 0 Å². The van der Waals surface area contributed by atoms with Gasteiger partial charge in [-0.1, -0.05) is 19.9 Å². The molecule has 20 heavy (non-hydrogen) atoms. The molecule has 0 radical (unpaired) electrons. The first-order valence-electron chi connectivity index (χ1n) is 7.32. The maximum atomic E-state index is 9.54. The van der Waals surface area contributed by atoms with Gasteiger partial charge in [0.05, 0.1) is 11.3 Å². The number of hydrogen-bond acceptors (Lipinski definition) is 4. The Hall–Kier alpha value is -1.18. The number of piperazine rings is 1. The van der Waals surface area contributed by atoms with Crippen molar-refractivity contribution in [1.82, 2.24) is 5.32 Å². The van der Waals surface area contributed by atoms with E-state index in [1.165, 1.54) is 0 Å². The summed E-state index contributed by atoms with van der Waals surface area (Å²) < 4.78 is 0. The lowest BCUT2D eigenvalue weighted by atomic mass is 10.0. The Balaban J connectivity index is 2.39. The maximum absolute atomic E-state index is 9.54. The summed E-state index contributed by atoms with van der Waals surface area (Å²) >= 11 is 1.65. The van der Waals surface area contributed by atoms with Gasteiger partial charge >= 0.3 is 0 Å². The average molecular weight is 289 g/mol. The zero-order chi connectivity index (χ0) is 14.5. The number of anilines is 1. The molecule has 0 bridgehead atoms. The van der Waals surface area contributed by atoms with Crippen LogP contribution in [0.1, 0.15) is 32.3 Å². The molecule has 2 rings (SSSR count). The van der Waals surface area contributed by atoms with E-state index in [9.17, 15) is 5.26 Å². The van der Waals surface area contributed by atoms with Crippen LogP contribution in [0.3, 0.4) is 0 Å². The fourth-order valence-corrected chi connectivity index (χ4v) is 3.41. The summed E-state index contributed by atoms with van der Waals surface area (Å²) in [6, 6.07) is 9.60. The fraction of sp³-hybridized carbons (Fsp3) is 0.562. The molecule has 3 nitrogen and oxygen atoms in total. The van der Waals surface area contributed by atoms with Crippen LogP contribution in [-0.4, -0.2) is 31.4 Å². The fourth-order valence-electron chi connectivity index (χ4n) is 2.84. The Morgan fingerprint density at radius 2 is 2.20 bits per heavy atom. The Bertz CT molecular complexity index is 495. The topological polar surface area (TPSA) is 39.1 Å². The first kappa shape index (κ1) is 15.2. The van der Waals surface area contributed by atoms with Crippen LogP contribution in [-0.2, 0) is 0 Å². The van der Waals surface area contributed by atoms with Gasteiger partial charge in [-0.05, 0) is 31.2 Å². The quantitative estimate of drug-likeness (QED) is 0.864. The van der Waals surface area contributed by atoms with Crippen molar-refractivity contribution >= 4 is 17.4 Å². The molecule has 2 atom stereocenters. The molecule has 2 unspecified atom stereocenters. The van der Waals surface area contributed by atoms with Gasteiger partial charge in [-0.15, -0.1) is 11.8 Å². The van der Waals surface area contributed by atoms with E-state index >= 15 is 0 Å². The summed E-state index contributed by atoms with van der Waals surface area (Å²) in [5.74, 6) is 0. The molecule has 0 aromatic heterocycles. The zero-order valence-corrected chi connectivity index (χ0v) is 13.3. The zero-order valence-electron chi connectivity index (χ0n) is 12.5. The second-order valence-corrected chi connectivity index (χ2v) is 6.04. The molecule has 1 fully saturated rings. The van der Waals surface area contributed by atoms with E-state index in [1.54, 1.807) is 11.8 Å². The summed E-state index contributed by atoms with van der Waals surface area (Å²) in [6.45, 7) is 6.42. The summed E-state index contributed by atoms with van der Waals surface area (Å²) in [7, 11) is 0. The highest BCUT2D eigenvalue weighted by Crippen LogP contribution is 2.31. The summed E-state index contributed by atoms with van der Waals surface area (Å²) in [5.41, 5.74) is 1.93. The van der Waals surface area contributed by atoms with E-state index in [0.717, 1.165) is 42.1 Å². The van der Waals surface area contributed by atoms with E-state index in [-0.39, 0.29) is 0 Å². The van der Waals surface area contributed by atoms with Crippen molar-refractivity contribution in [3.8, 4) is 6.07 Å². The first-order chi connectivity index (χ1) is 9.74. The van der Waals surface area contributed by atoms with Crippen molar-refractivity contribution in [1.29, 1.82) is 5.26 Å². The molecule has 4 heteroatoms. The number of hydrogen-bond donors (Lipinski definition) is 1. The predicted molar refractivity (Wildman–Crippen MR) is 86.4 cm³/mol. The summed E-state index contributed by atoms with van der Waals surface area (Å²) in [4.78, 5) is 3.51. The lowest BCUT2D eigenvalue weighted by molar-refractivity contribution is 0.378. The number of nitriles is 1. The minimum absolute atomic E-state index is 0.474. The molecule has 0 aliphatic carbocycles. The lowest BCUT2D eigenvalue weighted by Crippen LogP contribution is -2.56. The first-order valence-corrected chi connectivity index (χ1v) is 8.54. The highest BCUT2D eigenvalue weighted by atomic mass is 32.2. The summed E-state index contributed by atoms with van der Waals surface area (Å²) in [6.07, 6.45) is 4.25. The van der Waals surface area contributed by atoms with Crippen LogP contribution in [0.2, 0.25) is 0 Å². The molecular weight excluding hydrogens is 266 g/mol. The van der Waals surface area contributed by atoms with Gasteiger partial charge in [0.2, 0.25) is 0 Å². The van der Waals surface area contributed by atoms with Crippen LogP contribution < -0.4 is 10.2 Å². The van der Waals surface area contributed by atoms with E-state index in [4.69, 9.17) is 0 Å². The molecule has 0 spiro atoms. The van der Waals surface area contributed by atoms with E-state index < -0.39 is 0 Å². The maximum Gasteiger partial charge on any atom is 0.103 e. The molecule has 0 amide bonds. The van der Waals surface area contributed by atoms with Crippen LogP contribution >= 0.6 is 11.8 Å². The predicted octanol–water partition coefficient (Wildman–Crippen LogP) is 3.25. The lowest BCUT2D eigenvalue weighted by Gasteiger charge is -2.42. The molecule has 1 aromatic rings. The van der Waals surface area contributed by atoms with Gasteiger partial charge in [0.15, 0.2) is 0 Å². The van der Waals surface area contributed by atoms with Gasteiger partial charge in [0, 0.05) is 30.1 Å². The number of nitrogens with zero attached hydrogens (tertiary/aromatic N) is 2. The van der Waals surface area contributed by atoms with Gasteiger partial charge in [-0.2, -0.15) is 5.26 Å². The highest BCUT2D eigenvalue weighted by Gasteiger charge is 2.28. The van der Waals surface area contributed by atoms with E-state index in [0.29, 0.717) is 12.1 Å². The van der Waals surface area contributed by atoms with Crippen LogP contribution in [0, 0.1) is 11.3 Å². The van der Waals surface area contributed by atoms with Gasteiger partial charge in [-0.3, -0.25) is 0 Å². The van der Waals surface area contributed by atoms with Crippen molar-refractivity contribution in [2.24, 2.45) is 0 Å².